The lowest BCUT2D eigenvalue weighted by molar-refractivity contribution is 0.114. The number of aliphatic hydroxyl groups is 1. The van der Waals surface area contributed by atoms with E-state index >= 15 is 0 Å². The molecule has 0 bridgehead atoms. The Hall–Kier alpha value is -1.59. The van der Waals surface area contributed by atoms with Gasteiger partial charge in [-0.2, -0.15) is 0 Å². The number of β-amino-alcohol motifs (C(OH)–C–C–N with tert-alkyl or cyclic N) is 1. The van der Waals surface area contributed by atoms with E-state index in [1.807, 2.05) is 11.8 Å². The average Bonchev–Trinajstić information content (AvgIpc) is 2.69. The van der Waals surface area contributed by atoms with Crippen molar-refractivity contribution in [3.8, 4) is 0 Å². The van der Waals surface area contributed by atoms with Crippen LogP contribution in [0.5, 0.6) is 0 Å². The molecule has 0 amide bonds. The summed E-state index contributed by atoms with van der Waals surface area (Å²) in [5, 5.41) is 9.07. The summed E-state index contributed by atoms with van der Waals surface area (Å²) in [5.41, 5.74) is 4.11. The van der Waals surface area contributed by atoms with E-state index in [2.05, 4.69) is 64.4 Å². The van der Waals surface area contributed by atoms with Gasteiger partial charge in [-0.25, -0.2) is 0 Å². The Bertz CT molecular complexity index is 734. The second kappa shape index (κ2) is 8.40. The van der Waals surface area contributed by atoms with Gasteiger partial charge in [0.25, 0.3) is 0 Å². The molecule has 0 aromatic heterocycles. The fourth-order valence-corrected chi connectivity index (χ4v) is 4.92. The van der Waals surface area contributed by atoms with Crippen molar-refractivity contribution in [1.29, 1.82) is 0 Å². The van der Waals surface area contributed by atoms with Gasteiger partial charge in [-0.3, -0.25) is 4.90 Å². The van der Waals surface area contributed by atoms with Gasteiger partial charge in [0, 0.05) is 49.1 Å². The number of fused-ring (bicyclic) bond motifs is 2. The Morgan fingerprint density at radius 3 is 1.92 bits per heavy atom. The minimum Gasteiger partial charge on any atom is -0.395 e. The predicted molar refractivity (Wildman–Crippen MR) is 109 cm³/mol. The summed E-state index contributed by atoms with van der Waals surface area (Å²) in [4.78, 5) is 7.60. The van der Waals surface area contributed by atoms with E-state index in [9.17, 15) is 0 Å². The smallest absolute Gasteiger partial charge is 0.0558 e. The van der Waals surface area contributed by atoms with Gasteiger partial charge in [-0.15, -0.1) is 0 Å². The van der Waals surface area contributed by atoms with E-state index in [-0.39, 0.29) is 6.61 Å². The number of piperazine rings is 1. The summed E-state index contributed by atoms with van der Waals surface area (Å²) in [6.07, 6.45) is 3.50. The van der Waals surface area contributed by atoms with Gasteiger partial charge in [-0.1, -0.05) is 54.2 Å². The van der Waals surface area contributed by atoms with E-state index in [4.69, 9.17) is 5.11 Å². The molecule has 2 aromatic carbocycles. The van der Waals surface area contributed by atoms with E-state index in [1.165, 1.54) is 26.5 Å². The van der Waals surface area contributed by atoms with Crippen molar-refractivity contribution >= 4 is 17.3 Å². The van der Waals surface area contributed by atoms with Crippen LogP contribution in [0.4, 0.5) is 0 Å². The Kier molecular flexibility index (Phi) is 5.75. The number of rotatable bonds is 5. The topological polar surface area (TPSA) is 26.7 Å². The summed E-state index contributed by atoms with van der Waals surface area (Å²) in [6, 6.07) is 17.5. The van der Waals surface area contributed by atoms with Crippen LogP contribution in [-0.2, 0) is 0 Å². The molecule has 1 N–H and O–H groups in total. The van der Waals surface area contributed by atoms with Crippen molar-refractivity contribution in [2.24, 2.45) is 0 Å². The van der Waals surface area contributed by atoms with E-state index in [0.29, 0.717) is 0 Å². The molecule has 2 heterocycles. The van der Waals surface area contributed by atoms with Gasteiger partial charge in [-0.05, 0) is 35.3 Å². The molecule has 0 atom stereocenters. The van der Waals surface area contributed by atoms with Crippen LogP contribution >= 0.6 is 11.8 Å². The SMILES string of the molecule is OCCN1CCN(CCC=C2c3ccccc3Sc3ccccc32)CC1. The molecule has 1 fully saturated rings. The fraction of sp³-hybridized carbons (Fsp3) is 0.364. The van der Waals surface area contributed by atoms with Crippen LogP contribution in [0, 0.1) is 0 Å². The first kappa shape index (κ1) is 17.8. The average molecular weight is 367 g/mol. The third kappa shape index (κ3) is 3.89. The van der Waals surface area contributed by atoms with Crippen LogP contribution < -0.4 is 0 Å². The second-order valence-electron chi connectivity index (χ2n) is 6.91. The molecular formula is C22H26N2OS. The van der Waals surface area contributed by atoms with Crippen molar-refractivity contribution in [1.82, 2.24) is 9.80 Å². The Labute approximate surface area is 160 Å². The van der Waals surface area contributed by atoms with E-state index in [1.54, 1.807) is 0 Å². The minimum absolute atomic E-state index is 0.267. The first-order valence-electron chi connectivity index (χ1n) is 9.47. The Balaban J connectivity index is 1.46. The van der Waals surface area contributed by atoms with Gasteiger partial charge in [0.1, 0.15) is 0 Å². The molecule has 4 rings (SSSR count). The molecule has 2 aromatic rings. The standard InChI is InChI=1S/C22H26N2OS/c25-17-16-24-14-12-23(13-15-24)11-5-8-18-19-6-1-3-9-21(19)26-22-10-4-2-7-20(18)22/h1-4,6-10,25H,5,11-17H2. The van der Waals surface area contributed by atoms with Crippen LogP contribution in [0.25, 0.3) is 5.57 Å². The highest BCUT2D eigenvalue weighted by atomic mass is 32.2. The maximum atomic E-state index is 9.07. The second-order valence-corrected chi connectivity index (χ2v) is 7.99. The number of hydrogen-bond donors (Lipinski definition) is 1. The van der Waals surface area contributed by atoms with Crippen LogP contribution in [0.15, 0.2) is 64.4 Å². The van der Waals surface area contributed by atoms with Gasteiger partial charge in [0.15, 0.2) is 0 Å². The normalized spacial score (nSPS) is 17.7. The van der Waals surface area contributed by atoms with Crippen molar-refractivity contribution in [2.45, 2.75) is 16.2 Å². The highest BCUT2D eigenvalue weighted by molar-refractivity contribution is 7.99. The molecule has 26 heavy (non-hydrogen) atoms. The van der Waals surface area contributed by atoms with Crippen molar-refractivity contribution in [3.05, 3.63) is 65.7 Å². The zero-order valence-corrected chi connectivity index (χ0v) is 15.9. The highest BCUT2D eigenvalue weighted by Crippen LogP contribution is 2.45. The molecule has 136 valence electrons. The molecule has 0 spiro atoms. The lowest BCUT2D eigenvalue weighted by Crippen LogP contribution is -2.47. The third-order valence-electron chi connectivity index (χ3n) is 5.25. The van der Waals surface area contributed by atoms with Crippen molar-refractivity contribution in [3.63, 3.8) is 0 Å². The number of benzene rings is 2. The molecule has 0 aliphatic carbocycles. The van der Waals surface area contributed by atoms with Crippen LogP contribution in [-0.4, -0.2) is 60.8 Å². The van der Waals surface area contributed by atoms with Gasteiger partial charge < -0.3 is 10.0 Å². The number of aliphatic hydroxyl groups excluding tert-OH is 1. The predicted octanol–water partition coefficient (Wildman–Crippen LogP) is 3.58. The van der Waals surface area contributed by atoms with Gasteiger partial charge in [0.2, 0.25) is 0 Å². The molecule has 4 heteroatoms. The van der Waals surface area contributed by atoms with E-state index < -0.39 is 0 Å². The zero-order chi connectivity index (χ0) is 17.8. The zero-order valence-electron chi connectivity index (χ0n) is 15.1. The molecular weight excluding hydrogens is 340 g/mol. The Morgan fingerprint density at radius 2 is 1.35 bits per heavy atom. The molecule has 0 unspecified atom stereocenters. The number of nitrogens with zero attached hydrogens (tertiary/aromatic N) is 2. The van der Waals surface area contributed by atoms with Crippen molar-refractivity contribution < 1.29 is 5.11 Å². The quantitative estimate of drug-likeness (QED) is 0.747. The minimum atomic E-state index is 0.267. The molecule has 1 saturated heterocycles. The summed E-state index contributed by atoms with van der Waals surface area (Å²) in [6.45, 7) is 6.53. The summed E-state index contributed by atoms with van der Waals surface area (Å²) < 4.78 is 0. The molecule has 2 aliphatic heterocycles. The number of hydrogen-bond acceptors (Lipinski definition) is 4. The van der Waals surface area contributed by atoms with Crippen molar-refractivity contribution in [2.75, 3.05) is 45.9 Å². The maximum Gasteiger partial charge on any atom is 0.0558 e. The summed E-state index contributed by atoms with van der Waals surface area (Å²) in [5.74, 6) is 0. The molecule has 0 radical (unpaired) electrons. The first-order chi connectivity index (χ1) is 12.8. The summed E-state index contributed by atoms with van der Waals surface area (Å²) >= 11 is 1.88. The first-order valence-corrected chi connectivity index (χ1v) is 10.3. The molecule has 0 saturated carbocycles. The third-order valence-corrected chi connectivity index (χ3v) is 6.40. The maximum absolute atomic E-state index is 9.07. The van der Waals surface area contributed by atoms with Crippen LogP contribution in [0.2, 0.25) is 0 Å². The fourth-order valence-electron chi connectivity index (χ4n) is 3.81. The van der Waals surface area contributed by atoms with Gasteiger partial charge in [0.05, 0.1) is 6.61 Å². The van der Waals surface area contributed by atoms with Crippen LogP contribution in [0.1, 0.15) is 17.5 Å². The van der Waals surface area contributed by atoms with Crippen LogP contribution in [0.3, 0.4) is 0 Å². The monoisotopic (exact) mass is 366 g/mol. The lowest BCUT2D eigenvalue weighted by atomic mass is 9.96. The molecule has 2 aliphatic rings. The lowest BCUT2D eigenvalue weighted by Gasteiger charge is -2.34. The van der Waals surface area contributed by atoms with E-state index in [0.717, 1.165) is 45.7 Å². The summed E-state index contributed by atoms with van der Waals surface area (Å²) in [7, 11) is 0. The largest absolute Gasteiger partial charge is 0.395 e. The Morgan fingerprint density at radius 1 is 0.808 bits per heavy atom. The molecule has 3 nitrogen and oxygen atoms in total. The highest BCUT2D eigenvalue weighted by Gasteiger charge is 2.20. The van der Waals surface area contributed by atoms with Gasteiger partial charge >= 0.3 is 0 Å².